The summed E-state index contributed by atoms with van der Waals surface area (Å²) in [5.74, 6) is -1.13. The number of esters is 1. The first-order valence-electron chi connectivity index (χ1n) is 8.00. The Balaban J connectivity index is 1.63. The van der Waals surface area contributed by atoms with E-state index in [-0.39, 0.29) is 18.3 Å². The van der Waals surface area contributed by atoms with Gasteiger partial charge in [-0.25, -0.2) is 9.18 Å². The highest BCUT2D eigenvalue weighted by Gasteiger charge is 2.10. The van der Waals surface area contributed by atoms with E-state index in [1.54, 1.807) is 60.7 Å². The van der Waals surface area contributed by atoms with Crippen LogP contribution in [-0.2, 0) is 11.3 Å². The van der Waals surface area contributed by atoms with Crippen molar-refractivity contribution >= 4 is 17.6 Å². The summed E-state index contributed by atoms with van der Waals surface area (Å²) in [6.45, 7) is 0.0414. The Morgan fingerprint density at radius 1 is 0.846 bits per heavy atom. The van der Waals surface area contributed by atoms with Crippen LogP contribution < -0.4 is 5.32 Å². The fourth-order valence-electron chi connectivity index (χ4n) is 2.33. The van der Waals surface area contributed by atoms with Crippen molar-refractivity contribution < 1.29 is 18.7 Å². The van der Waals surface area contributed by atoms with Crippen LogP contribution in [0.2, 0.25) is 0 Å². The molecule has 3 aromatic carbocycles. The van der Waals surface area contributed by atoms with Gasteiger partial charge in [0.2, 0.25) is 0 Å². The molecule has 0 heterocycles. The van der Waals surface area contributed by atoms with Gasteiger partial charge < -0.3 is 10.1 Å². The molecule has 4 nitrogen and oxygen atoms in total. The average molecular weight is 349 g/mol. The molecule has 1 N–H and O–H groups in total. The molecule has 0 aliphatic carbocycles. The van der Waals surface area contributed by atoms with E-state index in [0.29, 0.717) is 22.4 Å². The van der Waals surface area contributed by atoms with Crippen LogP contribution >= 0.6 is 0 Å². The third-order valence-corrected chi connectivity index (χ3v) is 3.68. The van der Waals surface area contributed by atoms with Crippen molar-refractivity contribution in [2.75, 3.05) is 5.32 Å². The summed E-state index contributed by atoms with van der Waals surface area (Å²) < 4.78 is 18.1. The van der Waals surface area contributed by atoms with Gasteiger partial charge in [-0.3, -0.25) is 4.79 Å². The van der Waals surface area contributed by atoms with Crippen LogP contribution in [0.1, 0.15) is 26.3 Å². The molecule has 0 radical (unpaired) electrons. The second-order valence-corrected chi connectivity index (χ2v) is 5.60. The van der Waals surface area contributed by atoms with Crippen molar-refractivity contribution in [1.29, 1.82) is 0 Å². The molecule has 26 heavy (non-hydrogen) atoms. The molecule has 3 aromatic rings. The zero-order valence-corrected chi connectivity index (χ0v) is 13.8. The molecule has 0 unspecified atom stereocenters. The highest BCUT2D eigenvalue weighted by Crippen LogP contribution is 2.14. The van der Waals surface area contributed by atoms with Crippen LogP contribution in [0.25, 0.3) is 0 Å². The summed E-state index contributed by atoms with van der Waals surface area (Å²) in [5, 5.41) is 2.75. The summed E-state index contributed by atoms with van der Waals surface area (Å²) in [4.78, 5) is 24.4. The van der Waals surface area contributed by atoms with E-state index in [2.05, 4.69) is 5.32 Å². The molecule has 0 aliphatic heterocycles. The van der Waals surface area contributed by atoms with Gasteiger partial charge in [0, 0.05) is 11.3 Å². The van der Waals surface area contributed by atoms with E-state index in [9.17, 15) is 14.0 Å². The van der Waals surface area contributed by atoms with E-state index in [1.807, 2.05) is 6.07 Å². The standard InChI is InChI=1S/C21H16FNO3/c22-18-11-9-15(10-12-18)14-26-21(25)17-7-4-8-19(13-17)23-20(24)16-5-2-1-3-6-16/h1-13H,14H2,(H,23,24). The number of benzene rings is 3. The quantitative estimate of drug-likeness (QED) is 0.693. The molecule has 0 saturated carbocycles. The minimum atomic E-state index is -0.523. The van der Waals surface area contributed by atoms with Crippen molar-refractivity contribution in [3.05, 3.63) is 101 Å². The van der Waals surface area contributed by atoms with Gasteiger partial charge in [-0.1, -0.05) is 36.4 Å². The Bertz CT molecular complexity index is 908. The smallest absolute Gasteiger partial charge is 0.338 e. The lowest BCUT2D eigenvalue weighted by Crippen LogP contribution is -2.12. The van der Waals surface area contributed by atoms with E-state index >= 15 is 0 Å². The number of carbonyl (C=O) groups is 2. The summed E-state index contributed by atoms with van der Waals surface area (Å²) in [6.07, 6.45) is 0. The van der Waals surface area contributed by atoms with Crippen LogP contribution in [0.5, 0.6) is 0 Å². The largest absolute Gasteiger partial charge is 0.457 e. The van der Waals surface area contributed by atoms with Gasteiger partial charge in [0.1, 0.15) is 12.4 Å². The first-order valence-corrected chi connectivity index (χ1v) is 8.00. The number of ether oxygens (including phenoxy) is 1. The first kappa shape index (κ1) is 17.4. The Hall–Kier alpha value is -3.47. The molecule has 0 aromatic heterocycles. The molecule has 3 rings (SSSR count). The van der Waals surface area contributed by atoms with E-state index in [0.717, 1.165) is 0 Å². The topological polar surface area (TPSA) is 55.4 Å². The number of anilines is 1. The number of amides is 1. The lowest BCUT2D eigenvalue weighted by atomic mass is 10.1. The maximum absolute atomic E-state index is 12.9. The highest BCUT2D eigenvalue weighted by atomic mass is 19.1. The van der Waals surface area contributed by atoms with Crippen molar-refractivity contribution in [1.82, 2.24) is 0 Å². The van der Waals surface area contributed by atoms with Crippen molar-refractivity contribution in [3.8, 4) is 0 Å². The van der Waals surface area contributed by atoms with Crippen LogP contribution in [0.3, 0.4) is 0 Å². The predicted molar refractivity (Wildman–Crippen MR) is 96.4 cm³/mol. The minimum absolute atomic E-state index is 0.0414. The third kappa shape index (κ3) is 4.54. The van der Waals surface area contributed by atoms with Crippen molar-refractivity contribution in [3.63, 3.8) is 0 Å². The molecular weight excluding hydrogens is 333 g/mol. The van der Waals surface area contributed by atoms with Gasteiger partial charge in [-0.05, 0) is 48.0 Å². The highest BCUT2D eigenvalue weighted by molar-refractivity contribution is 6.04. The molecule has 130 valence electrons. The normalized spacial score (nSPS) is 10.2. The van der Waals surface area contributed by atoms with Gasteiger partial charge >= 0.3 is 5.97 Å². The molecule has 0 bridgehead atoms. The fourth-order valence-corrected chi connectivity index (χ4v) is 2.33. The summed E-state index contributed by atoms with van der Waals surface area (Å²) in [7, 11) is 0. The van der Waals surface area contributed by atoms with Gasteiger partial charge in [0.15, 0.2) is 0 Å². The van der Waals surface area contributed by atoms with Gasteiger partial charge in [0.25, 0.3) is 5.91 Å². The Kier molecular flexibility index (Phi) is 5.39. The van der Waals surface area contributed by atoms with Crippen molar-refractivity contribution in [2.24, 2.45) is 0 Å². The molecule has 0 saturated heterocycles. The lowest BCUT2D eigenvalue weighted by Gasteiger charge is -2.08. The number of hydrogen-bond donors (Lipinski definition) is 1. The molecule has 1 amide bonds. The zero-order chi connectivity index (χ0) is 18.4. The number of carbonyl (C=O) groups excluding carboxylic acids is 2. The summed E-state index contributed by atoms with van der Waals surface area (Å²) in [5.41, 5.74) is 2.03. The number of hydrogen-bond acceptors (Lipinski definition) is 3. The Morgan fingerprint density at radius 2 is 1.54 bits per heavy atom. The maximum Gasteiger partial charge on any atom is 0.338 e. The zero-order valence-electron chi connectivity index (χ0n) is 13.8. The SMILES string of the molecule is O=C(Nc1cccc(C(=O)OCc2ccc(F)cc2)c1)c1ccccc1. The molecule has 0 aliphatic rings. The Morgan fingerprint density at radius 3 is 2.27 bits per heavy atom. The molecule has 5 heteroatoms. The number of rotatable bonds is 5. The summed E-state index contributed by atoms with van der Waals surface area (Å²) in [6, 6.07) is 21.0. The molecule has 0 fully saturated rings. The molecule has 0 spiro atoms. The summed E-state index contributed by atoms with van der Waals surface area (Å²) >= 11 is 0. The van der Waals surface area contributed by atoms with E-state index < -0.39 is 5.97 Å². The fraction of sp³-hybridized carbons (Fsp3) is 0.0476. The minimum Gasteiger partial charge on any atom is -0.457 e. The molecule has 0 atom stereocenters. The second kappa shape index (κ2) is 8.07. The first-order chi connectivity index (χ1) is 12.6. The van der Waals surface area contributed by atoms with Crippen LogP contribution in [0, 0.1) is 5.82 Å². The lowest BCUT2D eigenvalue weighted by molar-refractivity contribution is 0.0472. The molecular formula is C21H16FNO3. The Labute approximate surface area is 150 Å². The van der Waals surface area contributed by atoms with Gasteiger partial charge in [0.05, 0.1) is 5.56 Å². The average Bonchev–Trinajstić information content (AvgIpc) is 2.68. The van der Waals surface area contributed by atoms with Crippen LogP contribution in [-0.4, -0.2) is 11.9 Å². The monoisotopic (exact) mass is 349 g/mol. The van der Waals surface area contributed by atoms with Gasteiger partial charge in [-0.15, -0.1) is 0 Å². The van der Waals surface area contributed by atoms with Crippen LogP contribution in [0.15, 0.2) is 78.9 Å². The second-order valence-electron chi connectivity index (χ2n) is 5.60. The van der Waals surface area contributed by atoms with E-state index in [4.69, 9.17) is 4.74 Å². The third-order valence-electron chi connectivity index (χ3n) is 3.68. The van der Waals surface area contributed by atoms with E-state index in [1.165, 1.54) is 12.1 Å². The van der Waals surface area contributed by atoms with Crippen LogP contribution in [0.4, 0.5) is 10.1 Å². The predicted octanol–water partition coefficient (Wildman–Crippen LogP) is 4.44. The number of halogens is 1. The van der Waals surface area contributed by atoms with Crippen molar-refractivity contribution in [2.45, 2.75) is 6.61 Å². The van der Waals surface area contributed by atoms with Gasteiger partial charge in [-0.2, -0.15) is 0 Å². The maximum atomic E-state index is 12.9. The number of nitrogens with one attached hydrogen (secondary N) is 1.